The molecule has 0 atom stereocenters. The van der Waals surface area contributed by atoms with E-state index in [1.807, 2.05) is 0 Å². The maximum atomic E-state index is 14.8. The molecule has 4 rings (SSSR count). The van der Waals surface area contributed by atoms with E-state index in [0.717, 1.165) is 6.21 Å². The van der Waals surface area contributed by atoms with Gasteiger partial charge in [0.1, 0.15) is 23.3 Å². The molecule has 0 saturated carbocycles. The van der Waals surface area contributed by atoms with Crippen LogP contribution in [-0.4, -0.2) is 30.9 Å². The van der Waals surface area contributed by atoms with E-state index in [0.29, 0.717) is 33.7 Å². The first-order valence-electron chi connectivity index (χ1n) is 8.29. The first-order valence-corrected chi connectivity index (χ1v) is 8.29. The van der Waals surface area contributed by atoms with E-state index in [1.165, 1.54) is 29.1 Å². The summed E-state index contributed by atoms with van der Waals surface area (Å²) in [5, 5.41) is 35.9. The average Bonchev–Trinajstić information content (AvgIpc) is 3.21. The number of hydrogen-bond acceptors (Lipinski definition) is 5. The number of nitriles is 1. The lowest BCUT2D eigenvalue weighted by molar-refractivity contribution is 0.322. The zero-order chi connectivity index (χ0) is 19.8. The molecule has 0 amide bonds. The van der Waals surface area contributed by atoms with Gasteiger partial charge in [-0.2, -0.15) is 10.4 Å². The number of oxime groups is 1. The molecule has 0 aliphatic rings. The number of fused-ring (bicyclic) bond motifs is 1. The molecule has 7 nitrogen and oxygen atoms in total. The highest BCUT2D eigenvalue weighted by molar-refractivity contribution is 6.07. The molecule has 8 heteroatoms. The van der Waals surface area contributed by atoms with E-state index in [4.69, 9.17) is 0 Å². The van der Waals surface area contributed by atoms with Gasteiger partial charge in [0.2, 0.25) is 0 Å². The van der Waals surface area contributed by atoms with Gasteiger partial charge in [-0.25, -0.2) is 4.39 Å². The fourth-order valence-corrected chi connectivity index (χ4v) is 3.41. The van der Waals surface area contributed by atoms with E-state index in [-0.39, 0.29) is 11.1 Å². The van der Waals surface area contributed by atoms with Crippen LogP contribution < -0.4 is 0 Å². The van der Waals surface area contributed by atoms with Crippen LogP contribution >= 0.6 is 0 Å². The van der Waals surface area contributed by atoms with E-state index >= 15 is 0 Å². The first-order chi connectivity index (χ1) is 13.6. The van der Waals surface area contributed by atoms with Crippen molar-refractivity contribution in [3.05, 3.63) is 65.6 Å². The van der Waals surface area contributed by atoms with Crippen molar-refractivity contribution in [3.63, 3.8) is 0 Å². The second-order valence-electron chi connectivity index (χ2n) is 6.13. The van der Waals surface area contributed by atoms with Crippen molar-refractivity contribution < 1.29 is 14.7 Å². The number of aromatic nitrogens is 3. The van der Waals surface area contributed by atoms with Crippen molar-refractivity contribution in [2.24, 2.45) is 12.2 Å². The Bertz CT molecular complexity index is 1260. The zero-order valence-corrected chi connectivity index (χ0v) is 14.7. The maximum absolute atomic E-state index is 14.8. The van der Waals surface area contributed by atoms with Gasteiger partial charge >= 0.3 is 0 Å². The highest BCUT2D eigenvalue weighted by Gasteiger charge is 2.25. The monoisotopic (exact) mass is 375 g/mol. The van der Waals surface area contributed by atoms with Crippen LogP contribution in [0.25, 0.3) is 28.0 Å². The summed E-state index contributed by atoms with van der Waals surface area (Å²) in [6, 6.07) is 13.1. The molecular weight excluding hydrogens is 361 g/mol. The van der Waals surface area contributed by atoms with E-state index in [9.17, 15) is 20.0 Å². The molecule has 0 saturated heterocycles. The van der Waals surface area contributed by atoms with Crippen molar-refractivity contribution in [1.82, 2.24) is 14.3 Å². The summed E-state index contributed by atoms with van der Waals surface area (Å²) in [7, 11) is 1.67. The predicted molar refractivity (Wildman–Crippen MR) is 101 cm³/mol. The van der Waals surface area contributed by atoms with Crippen LogP contribution in [0.4, 0.5) is 4.39 Å². The molecule has 28 heavy (non-hydrogen) atoms. The molecule has 4 aromatic rings. The molecule has 2 aromatic heterocycles. The van der Waals surface area contributed by atoms with Crippen molar-refractivity contribution >= 4 is 17.1 Å². The molecule has 2 N–H and O–H groups in total. The summed E-state index contributed by atoms with van der Waals surface area (Å²) in [5.41, 5.74) is 2.63. The third-order valence-electron chi connectivity index (χ3n) is 4.56. The molecule has 0 unspecified atom stereocenters. The maximum Gasteiger partial charge on any atom is 0.133 e. The number of phenolic OH excluding ortho intramolecular Hbond substituents is 1. The Hall–Kier alpha value is -4.12. The highest BCUT2D eigenvalue weighted by atomic mass is 19.1. The fourth-order valence-electron chi connectivity index (χ4n) is 3.41. The third kappa shape index (κ3) is 2.49. The molecule has 138 valence electrons. The molecule has 0 radical (unpaired) electrons. The van der Waals surface area contributed by atoms with Gasteiger partial charge < -0.3 is 14.9 Å². The second-order valence-corrected chi connectivity index (χ2v) is 6.13. The predicted octanol–water partition coefficient (Wildman–Crippen LogP) is 3.56. The number of aryl methyl sites for hydroxylation is 1. The van der Waals surface area contributed by atoms with E-state index in [1.54, 1.807) is 35.9 Å². The van der Waals surface area contributed by atoms with Gasteiger partial charge in [-0.1, -0.05) is 11.2 Å². The third-order valence-corrected chi connectivity index (χ3v) is 4.56. The summed E-state index contributed by atoms with van der Waals surface area (Å²) in [5.74, 6) is -0.407. The SMILES string of the molecule is Cn1ncc(C#N)c1-c1c(C=NO)c2c(F)cccc2n1-c1ccc(O)cc1. The topological polar surface area (TPSA) is 99.4 Å². The molecule has 0 spiro atoms. The van der Waals surface area contributed by atoms with Crippen molar-refractivity contribution in [2.75, 3.05) is 0 Å². The van der Waals surface area contributed by atoms with Crippen molar-refractivity contribution in [2.45, 2.75) is 0 Å². The zero-order valence-electron chi connectivity index (χ0n) is 14.7. The minimum absolute atomic E-state index is 0.0864. The van der Waals surface area contributed by atoms with Crippen LogP contribution in [0, 0.1) is 17.1 Å². The number of hydrogen-bond donors (Lipinski definition) is 2. The Labute approximate surface area is 158 Å². The Morgan fingerprint density at radius 1 is 1.18 bits per heavy atom. The number of phenols is 1. The molecule has 2 aromatic carbocycles. The first kappa shape index (κ1) is 17.3. The van der Waals surface area contributed by atoms with Gasteiger partial charge in [-0.3, -0.25) is 4.68 Å². The number of nitrogens with zero attached hydrogens (tertiary/aromatic N) is 5. The molecule has 2 heterocycles. The Balaban J connectivity index is 2.24. The fraction of sp³-hybridized carbons (Fsp3) is 0.0500. The number of aromatic hydroxyl groups is 1. The summed E-state index contributed by atoms with van der Waals surface area (Å²) in [6.45, 7) is 0. The van der Waals surface area contributed by atoms with Gasteiger partial charge in [0.15, 0.2) is 0 Å². The molecule has 0 fully saturated rings. The van der Waals surface area contributed by atoms with Crippen molar-refractivity contribution in [3.8, 4) is 28.9 Å². The highest BCUT2D eigenvalue weighted by Crippen LogP contribution is 2.38. The summed E-state index contributed by atoms with van der Waals surface area (Å²) in [6.07, 6.45) is 2.57. The lowest BCUT2D eigenvalue weighted by Crippen LogP contribution is -2.04. The summed E-state index contributed by atoms with van der Waals surface area (Å²) in [4.78, 5) is 0. The Morgan fingerprint density at radius 3 is 2.61 bits per heavy atom. The lowest BCUT2D eigenvalue weighted by atomic mass is 10.1. The standard InChI is InChI=1S/C20H14FN5O2/c1-25-19(12(9-22)10-23-25)20-15(11-24-28)18-16(21)3-2-4-17(18)26(20)13-5-7-14(27)8-6-13/h2-8,10-11,27-28H,1H3. The van der Waals surface area contributed by atoms with Crippen molar-refractivity contribution in [1.29, 1.82) is 5.26 Å². The van der Waals surface area contributed by atoms with Gasteiger partial charge in [0.25, 0.3) is 0 Å². The Kier molecular flexibility index (Phi) is 4.05. The minimum atomic E-state index is -0.494. The quantitative estimate of drug-likeness (QED) is 0.325. The number of halogens is 1. The second kappa shape index (κ2) is 6.55. The van der Waals surface area contributed by atoms with Crippen LogP contribution in [0.5, 0.6) is 5.75 Å². The van der Waals surface area contributed by atoms with E-state index in [2.05, 4.69) is 16.3 Å². The minimum Gasteiger partial charge on any atom is -0.508 e. The smallest absolute Gasteiger partial charge is 0.133 e. The van der Waals surface area contributed by atoms with Crippen LogP contribution in [0.15, 0.2) is 53.8 Å². The Morgan fingerprint density at radius 2 is 1.93 bits per heavy atom. The van der Waals surface area contributed by atoms with Gasteiger partial charge in [0, 0.05) is 23.7 Å². The molecule has 0 aliphatic carbocycles. The van der Waals surface area contributed by atoms with Crippen LogP contribution in [0.3, 0.4) is 0 Å². The lowest BCUT2D eigenvalue weighted by Gasteiger charge is -2.12. The van der Waals surface area contributed by atoms with Gasteiger partial charge in [0.05, 0.1) is 29.2 Å². The molecule has 0 bridgehead atoms. The van der Waals surface area contributed by atoms with Crippen LogP contribution in [0.1, 0.15) is 11.1 Å². The molecule has 0 aliphatic heterocycles. The van der Waals surface area contributed by atoms with Crippen LogP contribution in [-0.2, 0) is 7.05 Å². The van der Waals surface area contributed by atoms with Gasteiger partial charge in [-0.05, 0) is 36.4 Å². The van der Waals surface area contributed by atoms with Crippen LogP contribution in [0.2, 0.25) is 0 Å². The summed E-state index contributed by atoms with van der Waals surface area (Å²) >= 11 is 0. The largest absolute Gasteiger partial charge is 0.508 e. The number of benzene rings is 2. The normalized spacial score (nSPS) is 11.3. The molecular formula is C20H14FN5O2. The average molecular weight is 375 g/mol. The summed E-state index contributed by atoms with van der Waals surface area (Å²) < 4.78 is 18.0. The number of rotatable bonds is 3. The van der Waals surface area contributed by atoms with Gasteiger partial charge in [-0.15, -0.1) is 0 Å². The van der Waals surface area contributed by atoms with E-state index < -0.39 is 5.82 Å².